The van der Waals surface area contributed by atoms with Crippen molar-refractivity contribution in [3.8, 4) is 5.75 Å². The summed E-state index contributed by atoms with van der Waals surface area (Å²) in [5.41, 5.74) is 3.31. The number of phenolic OH excluding ortho intramolecular Hbond substituents is 1. The largest absolute Gasteiger partial charge is 0.508 e. The summed E-state index contributed by atoms with van der Waals surface area (Å²) in [6.07, 6.45) is 32.7. The lowest BCUT2D eigenvalue weighted by molar-refractivity contribution is -0.173. The van der Waals surface area contributed by atoms with E-state index in [-0.39, 0.29) is 63.1 Å². The van der Waals surface area contributed by atoms with Crippen molar-refractivity contribution in [2.45, 2.75) is 102 Å². The van der Waals surface area contributed by atoms with Crippen LogP contribution in [0.15, 0.2) is 164 Å². The number of aromatic nitrogens is 1. The number of fused-ring (bicyclic) bond motifs is 2. The predicted octanol–water partition coefficient (Wildman–Crippen LogP) is 10.1. The first-order valence-corrected chi connectivity index (χ1v) is 23.2. The van der Waals surface area contributed by atoms with Crippen LogP contribution in [0.4, 0.5) is 4.79 Å². The van der Waals surface area contributed by atoms with Crippen molar-refractivity contribution in [3.63, 3.8) is 0 Å². The van der Waals surface area contributed by atoms with E-state index in [4.69, 9.17) is 4.74 Å². The Kier molecular flexibility index (Phi) is 19.1. The first kappa shape index (κ1) is 48.4. The number of nitrogens with zero attached hydrogens (tertiary/aromatic N) is 4. The van der Waals surface area contributed by atoms with E-state index in [1.807, 2.05) is 72.8 Å². The van der Waals surface area contributed by atoms with Gasteiger partial charge in [-0.1, -0.05) is 140 Å². The van der Waals surface area contributed by atoms with Crippen LogP contribution in [0, 0.1) is 0 Å². The molecule has 0 aliphatic carbocycles. The first-order chi connectivity index (χ1) is 32.3. The van der Waals surface area contributed by atoms with Crippen LogP contribution in [-0.4, -0.2) is 80.0 Å². The Bertz CT molecular complexity index is 2380. The maximum atomic E-state index is 14.6. The van der Waals surface area contributed by atoms with Gasteiger partial charge >= 0.3 is 12.0 Å². The maximum Gasteiger partial charge on any atom is 0.319 e. The minimum atomic E-state index is -0.941. The third kappa shape index (κ3) is 14.5. The number of aromatic hydroxyl groups is 1. The minimum Gasteiger partial charge on any atom is -0.508 e. The number of piperazine rings is 1. The Morgan fingerprint density at radius 2 is 1.41 bits per heavy atom. The molecule has 0 spiro atoms. The zero-order valence-corrected chi connectivity index (χ0v) is 38.0. The van der Waals surface area contributed by atoms with Crippen molar-refractivity contribution in [2.75, 3.05) is 13.2 Å². The van der Waals surface area contributed by atoms with E-state index in [0.29, 0.717) is 6.42 Å². The zero-order chi connectivity index (χ0) is 46.4. The molecule has 0 unspecified atom stereocenters. The molecule has 6 rings (SSSR count). The quantitative estimate of drug-likeness (QED) is 0.0593. The molecule has 344 valence electrons. The van der Waals surface area contributed by atoms with Gasteiger partial charge in [-0.25, -0.2) is 4.79 Å². The summed E-state index contributed by atoms with van der Waals surface area (Å²) in [7, 11) is 0. The Balaban J connectivity index is 1.08. The molecule has 0 bridgehead atoms. The molecule has 2 aliphatic heterocycles. The minimum absolute atomic E-state index is 0.0409. The molecule has 0 saturated carbocycles. The fourth-order valence-electron chi connectivity index (χ4n) is 8.22. The lowest BCUT2D eigenvalue weighted by Gasteiger charge is -2.54. The van der Waals surface area contributed by atoms with E-state index in [9.17, 15) is 24.3 Å². The van der Waals surface area contributed by atoms with Gasteiger partial charge in [0.25, 0.3) is 0 Å². The molecule has 3 heterocycles. The predicted molar refractivity (Wildman–Crippen MR) is 261 cm³/mol. The van der Waals surface area contributed by atoms with Gasteiger partial charge in [-0.2, -0.15) is 0 Å². The zero-order valence-electron chi connectivity index (χ0n) is 38.0. The number of allylic oxidation sites excluding steroid dienone is 12. The number of esters is 1. The van der Waals surface area contributed by atoms with Gasteiger partial charge in [-0.05, 0) is 85.9 Å². The second-order valence-corrected chi connectivity index (χ2v) is 16.4. The Labute approximate surface area is 389 Å². The molecule has 2 aliphatic rings. The van der Waals surface area contributed by atoms with E-state index < -0.39 is 30.2 Å². The van der Waals surface area contributed by atoms with Crippen molar-refractivity contribution >= 4 is 34.7 Å². The molecule has 2 saturated heterocycles. The van der Waals surface area contributed by atoms with E-state index in [1.165, 1.54) is 0 Å². The lowest BCUT2D eigenvalue weighted by atomic mass is 9.94. The van der Waals surface area contributed by atoms with Gasteiger partial charge in [0, 0.05) is 37.5 Å². The number of ether oxygens (including phenoxy) is 1. The van der Waals surface area contributed by atoms with Crippen molar-refractivity contribution in [2.24, 2.45) is 0 Å². The molecule has 11 heteroatoms. The number of carbonyl (C=O) groups excluding carboxylic acids is 4. The topological polar surface area (TPSA) is 132 Å². The van der Waals surface area contributed by atoms with Crippen LogP contribution in [-0.2, 0) is 38.6 Å². The van der Waals surface area contributed by atoms with E-state index >= 15 is 0 Å². The SMILES string of the molecule is CC/C=C\C/C=C\C/C=C\C/C=C\C/C=C\C/C=C\CCC(=O)OC[C@@H]1CC(=O)N2[C@H](CN(Cc3cccc4ncccc34)C(=O)[C@@H]2Cc2ccc(O)cc2)N1C(=O)NCc1ccccc1. The first-order valence-electron chi connectivity index (χ1n) is 23.2. The summed E-state index contributed by atoms with van der Waals surface area (Å²) < 4.78 is 5.81. The summed E-state index contributed by atoms with van der Waals surface area (Å²) in [5, 5.41) is 13.9. The number of nitrogens with one attached hydrogen (secondary N) is 1. The van der Waals surface area contributed by atoms with Crippen LogP contribution in [0.2, 0.25) is 0 Å². The summed E-state index contributed by atoms with van der Waals surface area (Å²) in [6, 6.07) is 23.5. The van der Waals surface area contributed by atoms with Gasteiger partial charge < -0.3 is 25.0 Å². The second kappa shape index (κ2) is 26.1. The number of hydrogen-bond acceptors (Lipinski definition) is 7. The number of rotatable bonds is 22. The highest BCUT2D eigenvalue weighted by atomic mass is 16.5. The van der Waals surface area contributed by atoms with Crippen LogP contribution in [0.5, 0.6) is 5.75 Å². The van der Waals surface area contributed by atoms with E-state index in [2.05, 4.69) is 78.0 Å². The lowest BCUT2D eigenvalue weighted by Crippen LogP contribution is -2.74. The number of phenols is 1. The maximum absolute atomic E-state index is 14.6. The molecule has 1 aromatic heterocycles. The Morgan fingerprint density at radius 1 is 0.758 bits per heavy atom. The normalized spacial score (nSPS) is 18.0. The number of pyridine rings is 1. The molecule has 4 aromatic rings. The van der Waals surface area contributed by atoms with Gasteiger partial charge in [-0.3, -0.25) is 24.3 Å². The van der Waals surface area contributed by atoms with Crippen molar-refractivity contribution in [1.29, 1.82) is 0 Å². The second-order valence-electron chi connectivity index (χ2n) is 16.4. The van der Waals surface area contributed by atoms with E-state index in [1.54, 1.807) is 45.2 Å². The molecule has 2 fully saturated rings. The molecule has 4 amide bonds. The van der Waals surface area contributed by atoms with Crippen LogP contribution in [0.3, 0.4) is 0 Å². The average molecular weight is 890 g/mol. The molecule has 0 radical (unpaired) electrons. The molecule has 3 aromatic carbocycles. The van der Waals surface area contributed by atoms with Crippen LogP contribution in [0.1, 0.15) is 81.4 Å². The monoisotopic (exact) mass is 889 g/mol. The average Bonchev–Trinajstić information content (AvgIpc) is 3.33. The molecule has 3 atom stereocenters. The highest BCUT2D eigenvalue weighted by Gasteiger charge is 2.52. The van der Waals surface area contributed by atoms with Gasteiger partial charge in [0.15, 0.2) is 0 Å². The van der Waals surface area contributed by atoms with Gasteiger partial charge in [0.05, 0.1) is 24.5 Å². The summed E-state index contributed by atoms with van der Waals surface area (Å²) >= 11 is 0. The summed E-state index contributed by atoms with van der Waals surface area (Å²) in [5.74, 6) is -0.901. The van der Waals surface area contributed by atoms with E-state index in [0.717, 1.165) is 66.1 Å². The number of amides is 4. The highest BCUT2D eigenvalue weighted by molar-refractivity contribution is 5.92. The number of benzene rings is 3. The van der Waals surface area contributed by atoms with Crippen LogP contribution in [0.25, 0.3) is 10.9 Å². The number of carbonyl (C=O) groups is 4. The van der Waals surface area contributed by atoms with Gasteiger partial charge in [0.2, 0.25) is 11.8 Å². The van der Waals surface area contributed by atoms with Gasteiger partial charge in [-0.15, -0.1) is 0 Å². The Morgan fingerprint density at radius 3 is 2.08 bits per heavy atom. The van der Waals surface area contributed by atoms with Crippen molar-refractivity contribution < 1.29 is 29.0 Å². The summed E-state index contributed by atoms with van der Waals surface area (Å²) in [4.78, 5) is 65.8. The highest BCUT2D eigenvalue weighted by Crippen LogP contribution is 2.33. The third-order valence-electron chi connectivity index (χ3n) is 11.6. The molecular weight excluding hydrogens is 827 g/mol. The summed E-state index contributed by atoms with van der Waals surface area (Å²) in [6.45, 7) is 2.46. The molecule has 2 N–H and O–H groups in total. The smallest absolute Gasteiger partial charge is 0.319 e. The van der Waals surface area contributed by atoms with Gasteiger partial charge in [0.1, 0.15) is 24.6 Å². The third-order valence-corrected chi connectivity index (χ3v) is 11.6. The molecule has 66 heavy (non-hydrogen) atoms. The van der Waals surface area contributed by atoms with Crippen molar-refractivity contribution in [3.05, 3.63) is 181 Å². The van der Waals surface area contributed by atoms with Crippen molar-refractivity contribution in [1.82, 2.24) is 25.0 Å². The fourth-order valence-corrected chi connectivity index (χ4v) is 8.22. The van der Waals surface area contributed by atoms with Crippen LogP contribution < -0.4 is 5.32 Å². The number of urea groups is 1. The Hall–Kier alpha value is -7.01. The standard InChI is InChI=1S/C55H63N5O6/c1-2-3-4-5-6-7-8-9-10-11-12-13-14-15-16-17-18-19-23-31-53(63)66-42-46-38-52(62)60-50(37-43-32-34-47(61)35-33-43)54(64)58(40-45-28-24-30-49-48(45)29-25-36-56-49)41-51(60)59(46)55(65)57-39-44-26-21-20-22-27-44/h3-4,6-7,9-10,12-13,15-16,18-22,24-30,32-36,46,50-51,61H,2,5,8,11,14,17,23,31,37-42H2,1H3,(H,57,65)/b4-3-,7-6-,10-9-,13-12-,16-15-,19-18-/t46-,50-,51+/m0/s1. The fraction of sp³-hybridized carbons (Fsp3) is 0.327. The molecule has 11 nitrogen and oxygen atoms in total. The van der Waals surface area contributed by atoms with Crippen LogP contribution >= 0.6 is 0 Å². The molecular formula is C55H63N5O6. The number of hydrogen-bond donors (Lipinski definition) is 2.